The van der Waals surface area contributed by atoms with Crippen molar-refractivity contribution in [1.29, 1.82) is 0 Å². The molecule has 3 aromatic rings. The minimum atomic E-state index is -3.51. The molecule has 0 aliphatic carbocycles. The van der Waals surface area contributed by atoms with Gasteiger partial charge in [-0.1, -0.05) is 56.3 Å². The highest BCUT2D eigenvalue weighted by molar-refractivity contribution is 7.89. The summed E-state index contributed by atoms with van der Waals surface area (Å²) in [5, 5.41) is 2.88. The molecule has 0 spiro atoms. The summed E-state index contributed by atoms with van der Waals surface area (Å²) in [6, 6.07) is 23.8. The van der Waals surface area contributed by atoms with E-state index in [1.54, 1.807) is 24.3 Å². The van der Waals surface area contributed by atoms with Crippen molar-refractivity contribution in [1.82, 2.24) is 4.72 Å². The molecule has 0 fully saturated rings. The second-order valence-corrected chi connectivity index (χ2v) is 10.0. The molecule has 2 N–H and O–H groups in total. The first-order valence-electron chi connectivity index (χ1n) is 11.0. The van der Waals surface area contributed by atoms with Gasteiger partial charge < -0.3 is 10.1 Å². The average Bonchev–Trinajstić information content (AvgIpc) is 2.82. The van der Waals surface area contributed by atoms with Crippen LogP contribution in [0.25, 0.3) is 0 Å². The van der Waals surface area contributed by atoms with E-state index in [1.807, 2.05) is 68.4 Å². The van der Waals surface area contributed by atoms with Crippen LogP contribution in [0, 0.1) is 5.92 Å². The molecular weight excluding hydrogens is 436 g/mol. The van der Waals surface area contributed by atoms with Crippen molar-refractivity contribution in [2.45, 2.75) is 38.2 Å². The number of ether oxygens (including phenoxy) is 1. The summed E-state index contributed by atoms with van der Waals surface area (Å²) in [6.45, 7) is 4.78. The summed E-state index contributed by atoms with van der Waals surface area (Å²) in [5.41, 5.74) is 2.69. The fourth-order valence-electron chi connectivity index (χ4n) is 3.05. The van der Waals surface area contributed by atoms with E-state index in [0.29, 0.717) is 31.7 Å². The lowest BCUT2D eigenvalue weighted by Gasteiger charge is -2.10. The SMILES string of the molecule is CC(C)CNS(=O)(=O)c1ccc(CCC(=O)Nc2ccc(OCc3ccccc3)cc2)cc1. The Balaban J connectivity index is 1.45. The third-order valence-corrected chi connectivity index (χ3v) is 6.38. The Hall–Kier alpha value is -3.16. The number of benzene rings is 3. The second-order valence-electron chi connectivity index (χ2n) is 8.24. The van der Waals surface area contributed by atoms with Gasteiger partial charge in [0.25, 0.3) is 0 Å². The van der Waals surface area contributed by atoms with Crippen molar-refractivity contribution >= 4 is 21.6 Å². The topological polar surface area (TPSA) is 84.5 Å². The van der Waals surface area contributed by atoms with Crippen molar-refractivity contribution < 1.29 is 17.9 Å². The molecule has 1 amide bonds. The van der Waals surface area contributed by atoms with Gasteiger partial charge in [0.1, 0.15) is 12.4 Å². The summed E-state index contributed by atoms with van der Waals surface area (Å²) in [7, 11) is -3.51. The molecule has 0 saturated carbocycles. The highest BCUT2D eigenvalue weighted by Gasteiger charge is 2.14. The fourth-order valence-corrected chi connectivity index (χ4v) is 4.27. The van der Waals surface area contributed by atoms with E-state index in [2.05, 4.69) is 10.0 Å². The van der Waals surface area contributed by atoms with Gasteiger partial charge in [-0.3, -0.25) is 4.79 Å². The molecule has 6 nitrogen and oxygen atoms in total. The zero-order valence-corrected chi connectivity index (χ0v) is 19.8. The first kappa shape index (κ1) is 24.5. The molecule has 0 unspecified atom stereocenters. The van der Waals surface area contributed by atoms with Crippen LogP contribution in [-0.4, -0.2) is 20.9 Å². The molecule has 7 heteroatoms. The summed E-state index contributed by atoms with van der Waals surface area (Å²) in [4.78, 5) is 12.5. The van der Waals surface area contributed by atoms with E-state index >= 15 is 0 Å². The minimum Gasteiger partial charge on any atom is -0.489 e. The number of hydrogen-bond donors (Lipinski definition) is 2. The Morgan fingerprint density at radius 2 is 1.55 bits per heavy atom. The molecule has 0 bridgehead atoms. The number of nitrogens with one attached hydrogen (secondary N) is 2. The number of carbonyl (C=O) groups is 1. The zero-order chi connectivity index (χ0) is 23.7. The number of rotatable bonds is 11. The van der Waals surface area contributed by atoms with Gasteiger partial charge in [0.2, 0.25) is 15.9 Å². The van der Waals surface area contributed by atoms with E-state index in [9.17, 15) is 13.2 Å². The standard InChI is InChI=1S/C26H30N2O4S/c1-20(2)18-27-33(30,31)25-15-8-21(9-16-25)10-17-26(29)28-23-11-13-24(14-12-23)32-19-22-6-4-3-5-7-22/h3-9,11-16,20,27H,10,17-19H2,1-2H3,(H,28,29). The minimum absolute atomic E-state index is 0.108. The summed E-state index contributed by atoms with van der Waals surface area (Å²) < 4.78 is 32.9. The van der Waals surface area contributed by atoms with Crippen LogP contribution in [0.5, 0.6) is 5.75 Å². The lowest BCUT2D eigenvalue weighted by molar-refractivity contribution is -0.116. The molecular formula is C26H30N2O4S. The third kappa shape index (κ3) is 8.04. The summed E-state index contributed by atoms with van der Waals surface area (Å²) in [5.74, 6) is 0.855. The quantitative estimate of drug-likeness (QED) is 0.426. The van der Waals surface area contributed by atoms with Crippen molar-refractivity contribution in [2.24, 2.45) is 5.92 Å². The normalized spacial score (nSPS) is 11.4. The van der Waals surface area contributed by atoms with Crippen LogP contribution in [0.2, 0.25) is 0 Å². The predicted molar refractivity (Wildman–Crippen MR) is 131 cm³/mol. The molecule has 33 heavy (non-hydrogen) atoms. The number of sulfonamides is 1. The summed E-state index contributed by atoms with van der Waals surface area (Å²) in [6.07, 6.45) is 0.813. The number of amides is 1. The predicted octanol–water partition coefficient (Wildman–Crippen LogP) is 4.77. The van der Waals surface area contributed by atoms with E-state index in [-0.39, 0.29) is 16.7 Å². The molecule has 0 heterocycles. The number of carbonyl (C=O) groups excluding carboxylic acids is 1. The highest BCUT2D eigenvalue weighted by Crippen LogP contribution is 2.18. The monoisotopic (exact) mass is 466 g/mol. The Labute approximate surface area is 196 Å². The van der Waals surface area contributed by atoms with Crippen LogP contribution in [0.1, 0.15) is 31.4 Å². The number of aryl methyl sites for hydroxylation is 1. The maximum atomic E-state index is 12.3. The van der Waals surface area contributed by atoms with Crippen molar-refractivity contribution in [3.05, 3.63) is 90.0 Å². The second kappa shape index (κ2) is 11.6. The van der Waals surface area contributed by atoms with Gasteiger partial charge in [0.05, 0.1) is 4.90 Å². The Kier molecular flexibility index (Phi) is 8.63. The van der Waals surface area contributed by atoms with Crippen LogP contribution >= 0.6 is 0 Å². The van der Waals surface area contributed by atoms with E-state index in [0.717, 1.165) is 16.9 Å². The van der Waals surface area contributed by atoms with Crippen molar-refractivity contribution in [3.63, 3.8) is 0 Å². The number of hydrogen-bond acceptors (Lipinski definition) is 4. The van der Waals surface area contributed by atoms with E-state index < -0.39 is 10.0 Å². The Morgan fingerprint density at radius 1 is 0.879 bits per heavy atom. The van der Waals surface area contributed by atoms with Crippen LogP contribution in [0.4, 0.5) is 5.69 Å². The summed E-state index contributed by atoms with van der Waals surface area (Å²) >= 11 is 0. The van der Waals surface area contributed by atoms with Crippen molar-refractivity contribution in [3.8, 4) is 5.75 Å². The first-order valence-corrected chi connectivity index (χ1v) is 12.5. The maximum Gasteiger partial charge on any atom is 0.240 e. The van der Waals surface area contributed by atoms with Crippen LogP contribution < -0.4 is 14.8 Å². The Morgan fingerprint density at radius 3 is 2.18 bits per heavy atom. The number of anilines is 1. The molecule has 0 atom stereocenters. The van der Waals surface area contributed by atoms with Crippen molar-refractivity contribution in [2.75, 3.05) is 11.9 Å². The van der Waals surface area contributed by atoms with Gasteiger partial charge >= 0.3 is 0 Å². The van der Waals surface area contributed by atoms with E-state index in [4.69, 9.17) is 4.74 Å². The maximum absolute atomic E-state index is 12.3. The fraction of sp³-hybridized carbons (Fsp3) is 0.269. The van der Waals surface area contributed by atoms with Crippen LogP contribution in [0.3, 0.4) is 0 Å². The van der Waals surface area contributed by atoms with E-state index in [1.165, 1.54) is 0 Å². The first-order chi connectivity index (χ1) is 15.8. The van der Waals surface area contributed by atoms with Crippen LogP contribution in [0.15, 0.2) is 83.8 Å². The van der Waals surface area contributed by atoms with Gasteiger partial charge in [-0.25, -0.2) is 13.1 Å². The Bertz CT molecular complexity index is 1130. The lowest BCUT2D eigenvalue weighted by Crippen LogP contribution is -2.27. The molecule has 174 valence electrons. The highest BCUT2D eigenvalue weighted by atomic mass is 32.2. The largest absolute Gasteiger partial charge is 0.489 e. The van der Waals surface area contributed by atoms with Gasteiger partial charge in [0.15, 0.2) is 0 Å². The molecule has 3 aromatic carbocycles. The van der Waals surface area contributed by atoms with Gasteiger partial charge in [0, 0.05) is 18.7 Å². The smallest absolute Gasteiger partial charge is 0.240 e. The molecule has 0 aromatic heterocycles. The molecule has 0 aliphatic rings. The lowest BCUT2D eigenvalue weighted by atomic mass is 10.1. The molecule has 0 aliphatic heterocycles. The average molecular weight is 467 g/mol. The molecule has 3 rings (SSSR count). The zero-order valence-electron chi connectivity index (χ0n) is 19.0. The van der Waals surface area contributed by atoms with Gasteiger partial charge in [-0.15, -0.1) is 0 Å². The van der Waals surface area contributed by atoms with Gasteiger partial charge in [-0.2, -0.15) is 0 Å². The molecule has 0 saturated heterocycles. The van der Waals surface area contributed by atoms with Crippen LogP contribution in [-0.2, 0) is 27.8 Å². The third-order valence-electron chi connectivity index (χ3n) is 4.94. The molecule has 0 radical (unpaired) electrons. The van der Waals surface area contributed by atoms with Gasteiger partial charge in [-0.05, 0) is 59.9 Å².